The fourth-order valence-electron chi connectivity index (χ4n) is 2.25. The van der Waals surface area contributed by atoms with Gasteiger partial charge >= 0.3 is 11.9 Å². The van der Waals surface area contributed by atoms with E-state index in [1.165, 1.54) is 44.9 Å². The molecule has 0 aliphatic heterocycles. The highest BCUT2D eigenvalue weighted by atomic mass is 16.6. The van der Waals surface area contributed by atoms with E-state index in [0.29, 0.717) is 19.1 Å². The van der Waals surface area contributed by atoms with Gasteiger partial charge in [-0.05, 0) is 12.3 Å². The first-order chi connectivity index (χ1) is 12.1. The molecule has 5 nitrogen and oxygen atoms in total. The van der Waals surface area contributed by atoms with Gasteiger partial charge in [-0.3, -0.25) is 0 Å². The lowest BCUT2D eigenvalue weighted by atomic mass is 10.1. The summed E-state index contributed by atoms with van der Waals surface area (Å²) in [4.78, 5) is 22.9. The summed E-state index contributed by atoms with van der Waals surface area (Å²) in [6.45, 7) is 6.69. The Morgan fingerprint density at radius 1 is 0.760 bits per heavy atom. The number of hydrogen-bond acceptors (Lipinski definition) is 5. The molecular weight excluding hydrogens is 320 g/mol. The number of unbranched alkanes of at least 4 members (excludes halogenated alkanes) is 8. The maximum atomic E-state index is 11.5. The van der Waals surface area contributed by atoms with Crippen molar-refractivity contribution >= 4 is 11.9 Å². The fourth-order valence-corrected chi connectivity index (χ4v) is 2.25. The van der Waals surface area contributed by atoms with Gasteiger partial charge in [0, 0.05) is 0 Å². The Labute approximate surface area is 153 Å². The van der Waals surface area contributed by atoms with Crippen molar-refractivity contribution in [3.05, 3.63) is 0 Å². The zero-order valence-corrected chi connectivity index (χ0v) is 16.5. The molecule has 148 valence electrons. The Kier molecular flexibility index (Phi) is 16.9. The Morgan fingerprint density at radius 3 is 1.84 bits per heavy atom. The molecule has 0 fully saturated rings. The molecule has 0 aromatic rings. The molecule has 0 heterocycles. The smallest absolute Gasteiger partial charge is 0.332 e. The second-order valence-corrected chi connectivity index (χ2v) is 6.74. The third-order valence-electron chi connectivity index (χ3n) is 4.18. The van der Waals surface area contributed by atoms with E-state index >= 15 is 0 Å². The number of esters is 2. The molecule has 0 bridgehead atoms. The van der Waals surface area contributed by atoms with Crippen LogP contribution in [0, 0.1) is 5.92 Å². The van der Waals surface area contributed by atoms with Crippen LogP contribution in [0.25, 0.3) is 0 Å². The minimum atomic E-state index is -0.438. The van der Waals surface area contributed by atoms with Gasteiger partial charge in [0.2, 0.25) is 0 Å². The molecule has 0 saturated carbocycles. The normalized spacial score (nSPS) is 12.0. The topological polar surface area (TPSA) is 61.8 Å². The molecule has 0 aliphatic carbocycles. The van der Waals surface area contributed by atoms with Crippen LogP contribution in [0.3, 0.4) is 0 Å². The molecule has 0 rings (SSSR count). The molecular formula is C20H38O5. The van der Waals surface area contributed by atoms with Crippen molar-refractivity contribution in [1.82, 2.24) is 0 Å². The van der Waals surface area contributed by atoms with E-state index in [9.17, 15) is 9.59 Å². The zero-order chi connectivity index (χ0) is 18.8. The van der Waals surface area contributed by atoms with E-state index in [1.54, 1.807) is 0 Å². The Hall–Kier alpha value is -1.10. The molecule has 0 saturated heterocycles. The monoisotopic (exact) mass is 358 g/mol. The summed E-state index contributed by atoms with van der Waals surface area (Å²) in [6, 6.07) is 0. The van der Waals surface area contributed by atoms with Gasteiger partial charge in [-0.1, -0.05) is 78.6 Å². The SMILES string of the molecule is CCCCCCCCCCCOC(=O)COCC(=O)OCC(C)CC. The third-order valence-corrected chi connectivity index (χ3v) is 4.18. The van der Waals surface area contributed by atoms with Crippen LogP contribution in [0.5, 0.6) is 0 Å². The summed E-state index contributed by atoms with van der Waals surface area (Å²) in [6.07, 6.45) is 12.0. The lowest BCUT2D eigenvalue weighted by Gasteiger charge is -2.09. The highest BCUT2D eigenvalue weighted by Gasteiger charge is 2.08. The van der Waals surface area contributed by atoms with Gasteiger partial charge in [0.05, 0.1) is 13.2 Å². The van der Waals surface area contributed by atoms with Crippen LogP contribution in [-0.2, 0) is 23.8 Å². The Balaban J connectivity index is 3.34. The number of carbonyl (C=O) groups is 2. The Bertz CT molecular complexity index is 330. The van der Waals surface area contributed by atoms with Gasteiger partial charge in [-0.2, -0.15) is 0 Å². The minimum absolute atomic E-state index is 0.199. The third kappa shape index (κ3) is 17.5. The summed E-state index contributed by atoms with van der Waals surface area (Å²) in [5, 5.41) is 0. The molecule has 0 spiro atoms. The van der Waals surface area contributed by atoms with E-state index in [1.807, 2.05) is 13.8 Å². The predicted octanol–water partition coefficient (Wildman–Crippen LogP) is 4.67. The molecule has 5 heteroatoms. The summed E-state index contributed by atoms with van der Waals surface area (Å²) in [5.41, 5.74) is 0. The van der Waals surface area contributed by atoms with Crippen molar-refractivity contribution in [1.29, 1.82) is 0 Å². The van der Waals surface area contributed by atoms with E-state index in [4.69, 9.17) is 14.2 Å². The molecule has 0 aromatic carbocycles. The maximum Gasteiger partial charge on any atom is 0.332 e. The first-order valence-electron chi connectivity index (χ1n) is 9.99. The van der Waals surface area contributed by atoms with Crippen molar-refractivity contribution in [3.63, 3.8) is 0 Å². The summed E-state index contributed by atoms with van der Waals surface area (Å²) < 4.78 is 15.1. The summed E-state index contributed by atoms with van der Waals surface area (Å²) in [5.74, 6) is -0.522. The van der Waals surface area contributed by atoms with Crippen LogP contribution >= 0.6 is 0 Å². The van der Waals surface area contributed by atoms with Gasteiger partial charge in [0.25, 0.3) is 0 Å². The molecule has 1 unspecified atom stereocenters. The number of hydrogen-bond donors (Lipinski definition) is 0. The van der Waals surface area contributed by atoms with Crippen molar-refractivity contribution in [2.45, 2.75) is 85.0 Å². The molecule has 0 aliphatic rings. The van der Waals surface area contributed by atoms with Crippen molar-refractivity contribution in [2.75, 3.05) is 26.4 Å². The number of carbonyl (C=O) groups excluding carboxylic acids is 2. The first kappa shape index (κ1) is 23.9. The average molecular weight is 359 g/mol. The summed E-state index contributed by atoms with van der Waals surface area (Å²) >= 11 is 0. The van der Waals surface area contributed by atoms with Crippen LogP contribution in [0.15, 0.2) is 0 Å². The van der Waals surface area contributed by atoms with Gasteiger partial charge < -0.3 is 14.2 Å². The van der Waals surface area contributed by atoms with E-state index < -0.39 is 11.9 Å². The molecule has 25 heavy (non-hydrogen) atoms. The van der Waals surface area contributed by atoms with Gasteiger partial charge in [0.1, 0.15) is 13.2 Å². The standard InChI is InChI=1S/C20H38O5/c1-4-6-7-8-9-10-11-12-13-14-24-19(21)16-23-17-20(22)25-15-18(3)5-2/h18H,4-17H2,1-3H3. The lowest BCUT2D eigenvalue weighted by Crippen LogP contribution is -2.20. The van der Waals surface area contributed by atoms with Crippen LogP contribution in [0.2, 0.25) is 0 Å². The van der Waals surface area contributed by atoms with Crippen LogP contribution in [0.4, 0.5) is 0 Å². The highest BCUT2D eigenvalue weighted by molar-refractivity contribution is 5.73. The van der Waals surface area contributed by atoms with E-state index in [-0.39, 0.29) is 13.2 Å². The summed E-state index contributed by atoms with van der Waals surface area (Å²) in [7, 11) is 0. The average Bonchev–Trinajstić information content (AvgIpc) is 2.61. The van der Waals surface area contributed by atoms with E-state index in [0.717, 1.165) is 19.3 Å². The molecule has 0 radical (unpaired) electrons. The zero-order valence-electron chi connectivity index (χ0n) is 16.5. The molecule has 0 N–H and O–H groups in total. The molecule has 0 amide bonds. The lowest BCUT2D eigenvalue weighted by molar-refractivity contribution is -0.156. The highest BCUT2D eigenvalue weighted by Crippen LogP contribution is 2.09. The first-order valence-corrected chi connectivity index (χ1v) is 9.99. The second-order valence-electron chi connectivity index (χ2n) is 6.74. The molecule has 1 atom stereocenters. The van der Waals surface area contributed by atoms with Gasteiger partial charge in [-0.15, -0.1) is 0 Å². The fraction of sp³-hybridized carbons (Fsp3) is 0.900. The number of ether oxygens (including phenoxy) is 3. The van der Waals surface area contributed by atoms with Crippen molar-refractivity contribution in [3.8, 4) is 0 Å². The van der Waals surface area contributed by atoms with Crippen LogP contribution in [0.1, 0.15) is 85.0 Å². The van der Waals surface area contributed by atoms with Gasteiger partial charge in [-0.25, -0.2) is 9.59 Å². The Morgan fingerprint density at radius 2 is 1.28 bits per heavy atom. The van der Waals surface area contributed by atoms with E-state index in [2.05, 4.69) is 6.92 Å². The second kappa shape index (κ2) is 17.7. The quantitative estimate of drug-likeness (QED) is 0.279. The minimum Gasteiger partial charge on any atom is -0.464 e. The van der Waals surface area contributed by atoms with Crippen molar-refractivity contribution < 1.29 is 23.8 Å². The van der Waals surface area contributed by atoms with Gasteiger partial charge in [0.15, 0.2) is 0 Å². The number of rotatable bonds is 17. The van der Waals surface area contributed by atoms with Crippen LogP contribution in [-0.4, -0.2) is 38.4 Å². The molecule has 0 aromatic heterocycles. The van der Waals surface area contributed by atoms with Crippen LogP contribution < -0.4 is 0 Å². The largest absolute Gasteiger partial charge is 0.464 e. The maximum absolute atomic E-state index is 11.5. The predicted molar refractivity (Wildman–Crippen MR) is 99.4 cm³/mol. The van der Waals surface area contributed by atoms with Crippen molar-refractivity contribution in [2.24, 2.45) is 5.92 Å².